The molecule has 0 radical (unpaired) electrons. The second kappa shape index (κ2) is 10.3. The number of nitrogens with zero attached hydrogens (tertiary/aromatic N) is 6. The number of halogens is 3. The molecule has 1 saturated heterocycles. The van der Waals surface area contributed by atoms with Crippen molar-refractivity contribution in [2.24, 2.45) is 0 Å². The third-order valence-corrected chi connectivity index (χ3v) is 6.51. The van der Waals surface area contributed by atoms with Crippen molar-refractivity contribution in [3.05, 3.63) is 71.7 Å². The van der Waals surface area contributed by atoms with Gasteiger partial charge in [0, 0.05) is 38.3 Å². The highest BCUT2D eigenvalue weighted by molar-refractivity contribution is 5.92. The number of para-hydroxylation sites is 1. The van der Waals surface area contributed by atoms with E-state index in [2.05, 4.69) is 17.1 Å². The fraction of sp³-hybridized carbons (Fsp3) is 0.333. The van der Waals surface area contributed by atoms with Crippen LogP contribution in [0.2, 0.25) is 0 Å². The van der Waals surface area contributed by atoms with Crippen molar-refractivity contribution in [1.82, 2.24) is 24.6 Å². The summed E-state index contributed by atoms with van der Waals surface area (Å²) in [5.74, 6) is 1.52. The van der Waals surface area contributed by atoms with Gasteiger partial charge in [-0.15, -0.1) is 0 Å². The maximum atomic E-state index is 13.0. The first-order chi connectivity index (χ1) is 18.2. The summed E-state index contributed by atoms with van der Waals surface area (Å²) in [6.07, 6.45) is -2.85. The molecule has 2 aromatic heterocycles. The predicted octanol–water partition coefficient (Wildman–Crippen LogP) is 5.45. The Bertz CT molecular complexity index is 1440. The van der Waals surface area contributed by atoms with Crippen molar-refractivity contribution >= 4 is 28.6 Å². The van der Waals surface area contributed by atoms with Crippen LogP contribution in [0, 0.1) is 6.92 Å². The molecule has 1 fully saturated rings. The topological polar surface area (TPSA) is 79.2 Å². The van der Waals surface area contributed by atoms with E-state index in [9.17, 15) is 18.0 Å². The van der Waals surface area contributed by atoms with Crippen molar-refractivity contribution in [3.63, 3.8) is 0 Å². The third kappa shape index (κ3) is 5.13. The number of anilines is 2. The number of urea groups is 1. The number of amides is 2. The van der Waals surface area contributed by atoms with Gasteiger partial charge in [-0.05, 0) is 43.7 Å². The van der Waals surface area contributed by atoms with Gasteiger partial charge in [-0.3, -0.25) is 0 Å². The Hall–Kier alpha value is -4.15. The number of aromatic nitrogens is 4. The lowest BCUT2D eigenvalue weighted by atomic mass is 10.2. The molecule has 0 saturated carbocycles. The Morgan fingerprint density at radius 3 is 2.42 bits per heavy atom. The highest BCUT2D eigenvalue weighted by atomic mass is 19.4. The van der Waals surface area contributed by atoms with Crippen LogP contribution in [0.25, 0.3) is 16.7 Å². The predicted molar refractivity (Wildman–Crippen MR) is 140 cm³/mol. The molecule has 11 heteroatoms. The zero-order valence-corrected chi connectivity index (χ0v) is 21.2. The molecule has 2 aromatic carbocycles. The summed E-state index contributed by atoms with van der Waals surface area (Å²) in [6.45, 7) is 5.84. The molecule has 198 valence electrons. The zero-order chi connectivity index (χ0) is 26.9. The van der Waals surface area contributed by atoms with Gasteiger partial charge in [-0.25, -0.2) is 19.4 Å². The molecule has 38 heavy (non-hydrogen) atoms. The molecule has 2 amide bonds. The lowest BCUT2D eigenvalue weighted by Gasteiger charge is -2.35. The van der Waals surface area contributed by atoms with Crippen LogP contribution in [-0.2, 0) is 12.6 Å². The molecular formula is C27H28F3N7O. The number of carbonyl (C=O) groups excluding carboxylic acids is 1. The summed E-state index contributed by atoms with van der Waals surface area (Å²) >= 11 is 0. The lowest BCUT2D eigenvalue weighted by molar-refractivity contribution is -0.137. The number of benzene rings is 2. The van der Waals surface area contributed by atoms with Crippen LogP contribution in [0.5, 0.6) is 0 Å². The Labute approximate surface area is 218 Å². The quantitative estimate of drug-likeness (QED) is 0.376. The van der Waals surface area contributed by atoms with Crippen LogP contribution in [0.1, 0.15) is 30.4 Å². The average molecular weight is 524 g/mol. The number of carbonyl (C=O) groups is 1. The lowest BCUT2D eigenvalue weighted by Crippen LogP contribution is -2.50. The van der Waals surface area contributed by atoms with Crippen LogP contribution < -0.4 is 10.2 Å². The number of fused-ring (bicyclic) bond motifs is 1. The van der Waals surface area contributed by atoms with Gasteiger partial charge in [0.25, 0.3) is 0 Å². The number of piperazine rings is 1. The smallest absolute Gasteiger partial charge is 0.352 e. The van der Waals surface area contributed by atoms with Crippen molar-refractivity contribution in [2.75, 3.05) is 36.4 Å². The van der Waals surface area contributed by atoms with Crippen LogP contribution >= 0.6 is 0 Å². The molecule has 0 unspecified atom stereocenters. The first kappa shape index (κ1) is 25.5. The molecular weight excluding hydrogens is 495 g/mol. The third-order valence-electron chi connectivity index (χ3n) is 6.51. The van der Waals surface area contributed by atoms with Crippen LogP contribution in [0.15, 0.2) is 54.6 Å². The van der Waals surface area contributed by atoms with E-state index >= 15 is 0 Å². The first-order valence-electron chi connectivity index (χ1n) is 12.5. The van der Waals surface area contributed by atoms with Crippen molar-refractivity contribution in [3.8, 4) is 5.69 Å². The molecule has 0 atom stereocenters. The van der Waals surface area contributed by atoms with Crippen LogP contribution in [-0.4, -0.2) is 56.9 Å². The fourth-order valence-electron chi connectivity index (χ4n) is 4.62. The van der Waals surface area contributed by atoms with Crippen molar-refractivity contribution in [2.45, 2.75) is 32.9 Å². The normalized spacial score (nSPS) is 14.2. The van der Waals surface area contributed by atoms with Crippen LogP contribution in [0.3, 0.4) is 0 Å². The van der Waals surface area contributed by atoms with Crippen molar-refractivity contribution < 1.29 is 18.0 Å². The van der Waals surface area contributed by atoms with Gasteiger partial charge in [0.05, 0.1) is 22.3 Å². The van der Waals surface area contributed by atoms with Crippen LogP contribution in [0.4, 0.5) is 29.5 Å². The summed E-state index contributed by atoms with van der Waals surface area (Å²) in [7, 11) is 0. The summed E-state index contributed by atoms with van der Waals surface area (Å²) in [6, 6.07) is 14.0. The Morgan fingerprint density at radius 1 is 1.00 bits per heavy atom. The molecule has 1 aliphatic heterocycles. The summed E-state index contributed by atoms with van der Waals surface area (Å²) < 4.78 is 40.9. The second-order valence-corrected chi connectivity index (χ2v) is 9.23. The number of rotatable bonds is 5. The minimum Gasteiger partial charge on any atom is -0.352 e. The summed E-state index contributed by atoms with van der Waals surface area (Å²) in [4.78, 5) is 26.3. The SMILES string of the molecule is CCCc1nc(N2CCN(C(=O)Nc3cccc(C(F)(F)F)c3)CC2)c2c(C)nn(-c3ccccc3)c2n1. The standard InChI is InChI=1S/C27H28F3N7O/c1-3-8-22-32-24(23-18(2)34-37(25(23)33-22)21-11-5-4-6-12-21)35-13-15-36(16-14-35)26(38)31-20-10-7-9-19(17-20)27(28,29)30/h4-7,9-12,17H,3,8,13-16H2,1-2H3,(H,31,38). The monoisotopic (exact) mass is 523 g/mol. The molecule has 0 spiro atoms. The van der Waals surface area contributed by atoms with Crippen molar-refractivity contribution in [1.29, 1.82) is 0 Å². The van der Waals surface area contributed by atoms with E-state index in [1.807, 2.05) is 41.9 Å². The molecule has 8 nitrogen and oxygen atoms in total. The first-order valence-corrected chi connectivity index (χ1v) is 12.5. The summed E-state index contributed by atoms with van der Waals surface area (Å²) in [5, 5.41) is 8.23. The van der Waals surface area contributed by atoms with Gasteiger partial charge in [-0.1, -0.05) is 31.2 Å². The average Bonchev–Trinajstić information content (AvgIpc) is 3.25. The van der Waals surface area contributed by atoms with E-state index < -0.39 is 17.8 Å². The number of hydrogen-bond donors (Lipinski definition) is 1. The van der Waals surface area contributed by atoms with Gasteiger partial charge >= 0.3 is 12.2 Å². The van der Waals surface area contributed by atoms with Gasteiger partial charge in [0.15, 0.2) is 5.65 Å². The van der Waals surface area contributed by atoms with Gasteiger partial charge < -0.3 is 15.1 Å². The molecule has 5 rings (SSSR count). The fourth-order valence-corrected chi connectivity index (χ4v) is 4.62. The molecule has 1 aliphatic rings. The number of alkyl halides is 3. The largest absolute Gasteiger partial charge is 0.416 e. The molecule has 1 N–H and O–H groups in total. The van der Waals surface area contributed by atoms with E-state index in [0.29, 0.717) is 26.2 Å². The highest BCUT2D eigenvalue weighted by Gasteiger charge is 2.31. The minimum absolute atomic E-state index is 0.109. The molecule has 4 aromatic rings. The van der Waals surface area contributed by atoms with E-state index in [1.165, 1.54) is 12.1 Å². The van der Waals surface area contributed by atoms with E-state index in [-0.39, 0.29) is 5.69 Å². The molecule has 0 aliphatic carbocycles. The number of aryl methyl sites for hydroxylation is 2. The maximum absolute atomic E-state index is 13.0. The van der Waals surface area contributed by atoms with E-state index in [0.717, 1.165) is 59.0 Å². The Morgan fingerprint density at radius 2 is 1.74 bits per heavy atom. The Balaban J connectivity index is 1.37. The minimum atomic E-state index is -4.47. The second-order valence-electron chi connectivity index (χ2n) is 9.23. The maximum Gasteiger partial charge on any atom is 0.416 e. The van der Waals surface area contributed by atoms with Gasteiger partial charge in [0.1, 0.15) is 11.6 Å². The van der Waals surface area contributed by atoms with Gasteiger partial charge in [-0.2, -0.15) is 18.3 Å². The van der Waals surface area contributed by atoms with E-state index in [4.69, 9.17) is 15.1 Å². The number of hydrogen-bond acceptors (Lipinski definition) is 5. The zero-order valence-electron chi connectivity index (χ0n) is 21.2. The Kier molecular flexibility index (Phi) is 6.92. The number of nitrogens with one attached hydrogen (secondary N) is 1. The van der Waals surface area contributed by atoms with E-state index in [1.54, 1.807) is 4.90 Å². The molecule has 3 heterocycles. The molecule has 0 bridgehead atoms. The van der Waals surface area contributed by atoms with Gasteiger partial charge in [0.2, 0.25) is 0 Å². The summed E-state index contributed by atoms with van der Waals surface area (Å²) in [5.41, 5.74) is 1.77. The highest BCUT2D eigenvalue weighted by Crippen LogP contribution is 2.32.